The van der Waals surface area contributed by atoms with Crippen LogP contribution >= 0.6 is 0 Å². The first-order valence-electron chi connectivity index (χ1n) is 9.08. The number of tetrazole rings is 1. The van der Waals surface area contributed by atoms with Gasteiger partial charge in [-0.15, -0.1) is 5.10 Å². The molecule has 3 aliphatic rings. The van der Waals surface area contributed by atoms with Crippen LogP contribution in [0.15, 0.2) is 0 Å². The molecule has 126 valence electrons. The highest BCUT2D eigenvalue weighted by molar-refractivity contribution is 5.76. The van der Waals surface area contributed by atoms with Crippen LogP contribution in [0, 0.1) is 0 Å². The molecule has 2 aliphatic heterocycles. The summed E-state index contributed by atoms with van der Waals surface area (Å²) in [7, 11) is 0. The van der Waals surface area contributed by atoms with Crippen molar-refractivity contribution in [2.45, 2.75) is 76.5 Å². The molecular formula is C16H26N6O. The molecule has 4 rings (SSSR count). The van der Waals surface area contributed by atoms with Gasteiger partial charge in [-0.3, -0.25) is 9.69 Å². The first-order valence-corrected chi connectivity index (χ1v) is 9.08. The fourth-order valence-corrected chi connectivity index (χ4v) is 4.29. The summed E-state index contributed by atoms with van der Waals surface area (Å²) in [5.74, 6) is 1.30. The topological polar surface area (TPSA) is 67.2 Å². The second-order valence-electron chi connectivity index (χ2n) is 7.10. The van der Waals surface area contributed by atoms with Crippen LogP contribution in [0.25, 0.3) is 0 Å². The fraction of sp³-hybridized carbons (Fsp3) is 0.875. The van der Waals surface area contributed by atoms with Crippen LogP contribution in [-0.2, 0) is 11.3 Å². The lowest BCUT2D eigenvalue weighted by atomic mass is 10.0. The smallest absolute Gasteiger partial charge is 0.222 e. The summed E-state index contributed by atoms with van der Waals surface area (Å²) < 4.78 is 2.01. The Bertz CT molecular complexity index is 569. The van der Waals surface area contributed by atoms with Gasteiger partial charge in [0.15, 0.2) is 5.82 Å². The molecule has 1 aromatic heterocycles. The minimum absolute atomic E-state index is 0.308. The van der Waals surface area contributed by atoms with Gasteiger partial charge < -0.3 is 4.90 Å². The van der Waals surface area contributed by atoms with Crippen molar-refractivity contribution in [3.8, 4) is 0 Å². The van der Waals surface area contributed by atoms with Gasteiger partial charge >= 0.3 is 0 Å². The van der Waals surface area contributed by atoms with Gasteiger partial charge in [0.25, 0.3) is 0 Å². The Morgan fingerprint density at radius 1 is 1.13 bits per heavy atom. The molecule has 1 aliphatic carbocycles. The van der Waals surface area contributed by atoms with Crippen LogP contribution in [0.1, 0.15) is 63.7 Å². The van der Waals surface area contributed by atoms with Gasteiger partial charge in [0.05, 0.1) is 12.6 Å². The molecule has 2 saturated heterocycles. The molecule has 0 spiro atoms. The van der Waals surface area contributed by atoms with E-state index in [4.69, 9.17) is 0 Å². The molecule has 0 radical (unpaired) electrons. The summed E-state index contributed by atoms with van der Waals surface area (Å²) >= 11 is 0. The van der Waals surface area contributed by atoms with Crippen molar-refractivity contribution >= 4 is 5.91 Å². The average molecular weight is 318 g/mol. The number of carbonyl (C=O) groups is 1. The molecule has 1 amide bonds. The van der Waals surface area contributed by atoms with E-state index >= 15 is 0 Å². The number of carbonyl (C=O) groups excluding carboxylic acids is 1. The summed E-state index contributed by atoms with van der Waals surface area (Å²) in [4.78, 5) is 16.9. The summed E-state index contributed by atoms with van der Waals surface area (Å²) in [6, 6.07) is 1.37. The number of amides is 1. The highest BCUT2D eigenvalue weighted by atomic mass is 16.2. The zero-order valence-electron chi connectivity index (χ0n) is 13.9. The first kappa shape index (κ1) is 15.1. The molecule has 1 aromatic rings. The number of aromatic nitrogens is 4. The molecule has 3 heterocycles. The molecule has 0 N–H and O–H groups in total. The molecule has 1 saturated carbocycles. The van der Waals surface area contributed by atoms with Gasteiger partial charge in [-0.05, 0) is 55.5 Å². The molecule has 0 bridgehead atoms. The zero-order chi connectivity index (χ0) is 15.8. The summed E-state index contributed by atoms with van der Waals surface area (Å²) in [5.41, 5.74) is 0. The second kappa shape index (κ2) is 6.19. The van der Waals surface area contributed by atoms with E-state index in [9.17, 15) is 4.79 Å². The van der Waals surface area contributed by atoms with E-state index in [0.717, 1.165) is 38.3 Å². The highest BCUT2D eigenvalue weighted by Gasteiger charge is 2.40. The van der Waals surface area contributed by atoms with Crippen LogP contribution in [0.2, 0.25) is 0 Å². The van der Waals surface area contributed by atoms with Gasteiger partial charge in [-0.1, -0.05) is 6.92 Å². The Morgan fingerprint density at radius 3 is 2.70 bits per heavy atom. The number of hydrogen-bond acceptors (Lipinski definition) is 5. The van der Waals surface area contributed by atoms with Gasteiger partial charge in [0.2, 0.25) is 5.91 Å². The van der Waals surface area contributed by atoms with Crippen LogP contribution in [-0.4, -0.2) is 61.1 Å². The lowest BCUT2D eigenvalue weighted by molar-refractivity contribution is -0.132. The van der Waals surface area contributed by atoms with Crippen LogP contribution in [0.3, 0.4) is 0 Å². The third-order valence-corrected chi connectivity index (χ3v) is 5.58. The van der Waals surface area contributed by atoms with E-state index in [1.165, 1.54) is 25.7 Å². The van der Waals surface area contributed by atoms with E-state index < -0.39 is 0 Å². The van der Waals surface area contributed by atoms with Gasteiger partial charge in [0, 0.05) is 25.0 Å². The van der Waals surface area contributed by atoms with Crippen LogP contribution in [0.4, 0.5) is 0 Å². The largest absolute Gasteiger partial charge is 0.338 e. The van der Waals surface area contributed by atoms with Gasteiger partial charge in [0.1, 0.15) is 0 Å². The van der Waals surface area contributed by atoms with E-state index in [2.05, 4.69) is 25.3 Å². The summed E-state index contributed by atoms with van der Waals surface area (Å²) in [5, 5.41) is 12.3. The lowest BCUT2D eigenvalue weighted by Crippen LogP contribution is -2.48. The zero-order valence-corrected chi connectivity index (χ0v) is 13.9. The monoisotopic (exact) mass is 318 g/mol. The van der Waals surface area contributed by atoms with Crippen LogP contribution < -0.4 is 0 Å². The second-order valence-corrected chi connectivity index (χ2v) is 7.10. The van der Waals surface area contributed by atoms with E-state index in [1.807, 2.05) is 11.6 Å². The van der Waals surface area contributed by atoms with E-state index in [0.29, 0.717) is 30.5 Å². The van der Waals surface area contributed by atoms with Crippen molar-refractivity contribution in [2.75, 3.05) is 13.1 Å². The van der Waals surface area contributed by atoms with Crippen molar-refractivity contribution < 1.29 is 4.79 Å². The number of nitrogens with zero attached hydrogens (tertiary/aromatic N) is 6. The predicted octanol–water partition coefficient (Wildman–Crippen LogP) is 1.37. The number of hydrogen-bond donors (Lipinski definition) is 0. The Labute approximate surface area is 137 Å². The third kappa shape index (κ3) is 2.86. The maximum atomic E-state index is 12.2. The maximum Gasteiger partial charge on any atom is 0.222 e. The Kier molecular flexibility index (Phi) is 4.05. The quantitative estimate of drug-likeness (QED) is 0.820. The molecule has 23 heavy (non-hydrogen) atoms. The number of likely N-dealkylation sites (tertiary alicyclic amines) is 2. The van der Waals surface area contributed by atoms with Crippen molar-refractivity contribution in [1.82, 2.24) is 30.0 Å². The Morgan fingerprint density at radius 2 is 1.91 bits per heavy atom. The SMILES string of the molecule is CCC(=O)N1CCC[C@@H]1[C@H]1CCCN1Cc1nnnn1C1CC1. The minimum Gasteiger partial charge on any atom is -0.338 e. The lowest BCUT2D eigenvalue weighted by Gasteiger charge is -2.34. The normalized spacial score (nSPS) is 28.7. The molecule has 0 aromatic carbocycles. The van der Waals surface area contributed by atoms with E-state index in [1.54, 1.807) is 0 Å². The van der Waals surface area contributed by atoms with Gasteiger partial charge in [-0.25, -0.2) is 4.68 Å². The Balaban J connectivity index is 1.48. The van der Waals surface area contributed by atoms with E-state index in [-0.39, 0.29) is 0 Å². The van der Waals surface area contributed by atoms with Crippen molar-refractivity contribution in [1.29, 1.82) is 0 Å². The van der Waals surface area contributed by atoms with Gasteiger partial charge in [-0.2, -0.15) is 0 Å². The van der Waals surface area contributed by atoms with Crippen molar-refractivity contribution in [3.63, 3.8) is 0 Å². The molecule has 3 fully saturated rings. The third-order valence-electron chi connectivity index (χ3n) is 5.58. The maximum absolute atomic E-state index is 12.2. The van der Waals surface area contributed by atoms with Crippen molar-refractivity contribution in [3.05, 3.63) is 5.82 Å². The molecule has 7 nitrogen and oxygen atoms in total. The minimum atomic E-state index is 0.308. The summed E-state index contributed by atoms with van der Waals surface area (Å²) in [6.07, 6.45) is 7.68. The van der Waals surface area contributed by atoms with Crippen LogP contribution in [0.5, 0.6) is 0 Å². The average Bonchev–Trinajstić information content (AvgIpc) is 2.97. The molecule has 2 atom stereocenters. The first-order chi connectivity index (χ1) is 11.3. The van der Waals surface area contributed by atoms with Crippen molar-refractivity contribution in [2.24, 2.45) is 0 Å². The Hall–Kier alpha value is -1.50. The summed E-state index contributed by atoms with van der Waals surface area (Å²) in [6.45, 7) is 4.81. The molecule has 0 unspecified atom stereocenters. The standard InChI is InChI=1S/C16H26N6O/c1-2-16(23)21-10-4-6-14(21)13-5-3-9-20(13)11-15-17-18-19-22(15)12-7-8-12/h12-14H,2-11H2,1H3/t13-,14-/m1/s1. The highest BCUT2D eigenvalue weighted by Crippen LogP contribution is 2.36. The molecular weight excluding hydrogens is 292 g/mol. The predicted molar refractivity (Wildman–Crippen MR) is 84.5 cm³/mol. The fourth-order valence-electron chi connectivity index (χ4n) is 4.29. The molecule has 7 heteroatoms. The number of rotatable bonds is 5.